The van der Waals surface area contributed by atoms with Gasteiger partial charge in [-0.05, 0) is 44.2 Å². The molecule has 2 aromatic rings. The number of hydrogen-bond donors (Lipinski definition) is 1. The number of H-pyrrole nitrogens is 1. The third-order valence-corrected chi connectivity index (χ3v) is 6.12. The molecule has 0 unspecified atom stereocenters. The number of aromatic amines is 1. The van der Waals surface area contributed by atoms with Crippen LogP contribution in [0.1, 0.15) is 48.9 Å². The van der Waals surface area contributed by atoms with Crippen molar-refractivity contribution in [2.24, 2.45) is 0 Å². The molecule has 0 radical (unpaired) electrons. The molecule has 0 aromatic carbocycles. The van der Waals surface area contributed by atoms with E-state index in [1.165, 1.54) is 6.42 Å². The lowest BCUT2D eigenvalue weighted by atomic mass is 10.0. The molecule has 6 heteroatoms. The summed E-state index contributed by atoms with van der Waals surface area (Å²) in [5, 5.41) is 0. The Morgan fingerprint density at radius 2 is 1.85 bits per heavy atom. The number of pyridine rings is 1. The first-order chi connectivity index (χ1) is 13.1. The normalized spacial score (nSPS) is 23.7. The van der Waals surface area contributed by atoms with Crippen molar-refractivity contribution < 1.29 is 0 Å². The zero-order chi connectivity index (χ0) is 18.8. The molecule has 144 valence electrons. The molecule has 0 spiro atoms. The fraction of sp³-hybridized carbons (Fsp3) is 0.571. The zero-order valence-electron chi connectivity index (χ0n) is 16.3. The molecule has 2 aromatic heterocycles. The van der Waals surface area contributed by atoms with Gasteiger partial charge in [0.15, 0.2) is 0 Å². The second-order valence-corrected chi connectivity index (χ2v) is 7.87. The summed E-state index contributed by atoms with van der Waals surface area (Å²) in [6.07, 6.45) is 8.08. The summed E-state index contributed by atoms with van der Waals surface area (Å²) in [6, 6.07) is 4.74. The van der Waals surface area contributed by atoms with Crippen molar-refractivity contribution in [2.75, 3.05) is 31.1 Å². The number of aromatic nitrogens is 3. The van der Waals surface area contributed by atoms with Crippen LogP contribution in [0, 0.1) is 6.92 Å². The number of nitrogens with zero attached hydrogens (tertiary/aromatic N) is 4. The second-order valence-electron chi connectivity index (χ2n) is 7.87. The van der Waals surface area contributed by atoms with Gasteiger partial charge in [-0.15, -0.1) is 0 Å². The summed E-state index contributed by atoms with van der Waals surface area (Å²) in [6.45, 7) is 8.11. The molecule has 1 aliphatic carbocycles. The van der Waals surface area contributed by atoms with E-state index < -0.39 is 0 Å². The SMILES string of the molecule is CCc1ccc([C@@H]2CC[C@@H](N3CCN(c4ncc(C)cn4)CC3)C2)[nH]c1=O. The molecule has 4 rings (SSSR count). The van der Waals surface area contributed by atoms with Gasteiger partial charge in [-0.25, -0.2) is 9.97 Å². The largest absolute Gasteiger partial charge is 0.338 e. The van der Waals surface area contributed by atoms with Crippen molar-refractivity contribution in [3.63, 3.8) is 0 Å². The summed E-state index contributed by atoms with van der Waals surface area (Å²) < 4.78 is 0. The smallest absolute Gasteiger partial charge is 0.251 e. The van der Waals surface area contributed by atoms with Crippen LogP contribution in [0.25, 0.3) is 0 Å². The first-order valence-corrected chi connectivity index (χ1v) is 10.1. The molecule has 2 fully saturated rings. The van der Waals surface area contributed by atoms with E-state index in [4.69, 9.17) is 0 Å². The molecule has 1 saturated carbocycles. The van der Waals surface area contributed by atoms with Crippen LogP contribution in [-0.2, 0) is 6.42 Å². The quantitative estimate of drug-likeness (QED) is 0.899. The Morgan fingerprint density at radius 1 is 1.11 bits per heavy atom. The maximum Gasteiger partial charge on any atom is 0.251 e. The number of hydrogen-bond acceptors (Lipinski definition) is 5. The topological polar surface area (TPSA) is 65.1 Å². The molecule has 1 saturated heterocycles. The summed E-state index contributed by atoms with van der Waals surface area (Å²) in [5.41, 5.74) is 3.18. The molecule has 2 atom stereocenters. The maximum absolute atomic E-state index is 12.1. The summed E-state index contributed by atoms with van der Waals surface area (Å²) in [5.74, 6) is 1.32. The van der Waals surface area contributed by atoms with E-state index in [0.717, 1.165) is 68.2 Å². The Hall–Kier alpha value is -2.21. The predicted octanol–water partition coefficient (Wildman–Crippen LogP) is 2.49. The minimum absolute atomic E-state index is 0.0881. The molecule has 1 N–H and O–H groups in total. The van der Waals surface area contributed by atoms with Crippen LogP contribution >= 0.6 is 0 Å². The van der Waals surface area contributed by atoms with Crippen LogP contribution < -0.4 is 10.5 Å². The molecular formula is C21H29N5O. The third-order valence-electron chi connectivity index (χ3n) is 6.12. The molecule has 27 heavy (non-hydrogen) atoms. The van der Waals surface area contributed by atoms with E-state index in [1.807, 2.05) is 32.3 Å². The predicted molar refractivity (Wildman–Crippen MR) is 107 cm³/mol. The fourth-order valence-corrected chi connectivity index (χ4v) is 4.44. The number of aryl methyl sites for hydroxylation is 2. The molecule has 3 heterocycles. The number of piperazine rings is 1. The Balaban J connectivity index is 1.34. The van der Waals surface area contributed by atoms with Crippen molar-refractivity contribution >= 4 is 5.95 Å². The van der Waals surface area contributed by atoms with Crippen molar-refractivity contribution in [1.29, 1.82) is 0 Å². The van der Waals surface area contributed by atoms with Crippen LogP contribution in [-0.4, -0.2) is 52.1 Å². The first kappa shape index (κ1) is 18.2. The molecular weight excluding hydrogens is 338 g/mol. The highest BCUT2D eigenvalue weighted by Gasteiger charge is 2.32. The fourth-order valence-electron chi connectivity index (χ4n) is 4.44. The molecule has 6 nitrogen and oxygen atoms in total. The van der Waals surface area contributed by atoms with E-state index in [-0.39, 0.29) is 5.56 Å². The minimum Gasteiger partial charge on any atom is -0.338 e. The van der Waals surface area contributed by atoms with Crippen LogP contribution in [0.5, 0.6) is 0 Å². The van der Waals surface area contributed by atoms with E-state index in [0.29, 0.717) is 12.0 Å². The van der Waals surface area contributed by atoms with Gasteiger partial charge in [0.1, 0.15) is 0 Å². The average molecular weight is 367 g/mol. The van der Waals surface area contributed by atoms with Crippen LogP contribution in [0.4, 0.5) is 5.95 Å². The highest BCUT2D eigenvalue weighted by Crippen LogP contribution is 2.36. The lowest BCUT2D eigenvalue weighted by Crippen LogP contribution is -2.50. The van der Waals surface area contributed by atoms with Gasteiger partial charge in [0.25, 0.3) is 5.56 Å². The van der Waals surface area contributed by atoms with Gasteiger partial charge in [0.05, 0.1) is 0 Å². The third kappa shape index (κ3) is 3.90. The summed E-state index contributed by atoms with van der Waals surface area (Å²) in [4.78, 5) is 29.1. The Labute approximate surface area is 160 Å². The molecule has 0 amide bonds. The van der Waals surface area contributed by atoms with Crippen LogP contribution in [0.2, 0.25) is 0 Å². The Morgan fingerprint density at radius 3 is 2.52 bits per heavy atom. The van der Waals surface area contributed by atoms with Gasteiger partial charge in [-0.2, -0.15) is 0 Å². The lowest BCUT2D eigenvalue weighted by Gasteiger charge is -2.38. The van der Waals surface area contributed by atoms with Crippen LogP contribution in [0.3, 0.4) is 0 Å². The van der Waals surface area contributed by atoms with E-state index in [9.17, 15) is 4.79 Å². The van der Waals surface area contributed by atoms with E-state index in [2.05, 4.69) is 30.8 Å². The van der Waals surface area contributed by atoms with Crippen molar-refractivity contribution in [3.8, 4) is 0 Å². The van der Waals surface area contributed by atoms with Gasteiger partial charge >= 0.3 is 0 Å². The summed E-state index contributed by atoms with van der Waals surface area (Å²) in [7, 11) is 0. The van der Waals surface area contributed by atoms with Gasteiger partial charge in [0.2, 0.25) is 5.95 Å². The zero-order valence-corrected chi connectivity index (χ0v) is 16.3. The minimum atomic E-state index is 0.0881. The lowest BCUT2D eigenvalue weighted by molar-refractivity contribution is 0.185. The summed E-state index contributed by atoms with van der Waals surface area (Å²) >= 11 is 0. The highest BCUT2D eigenvalue weighted by atomic mass is 16.1. The van der Waals surface area contributed by atoms with Crippen molar-refractivity contribution in [3.05, 3.63) is 51.7 Å². The van der Waals surface area contributed by atoms with Gasteiger partial charge in [-0.3, -0.25) is 9.69 Å². The van der Waals surface area contributed by atoms with Crippen LogP contribution in [0.15, 0.2) is 29.3 Å². The Kier molecular flexibility index (Phi) is 5.25. The molecule has 2 aliphatic rings. The van der Waals surface area contributed by atoms with Gasteiger partial charge in [-0.1, -0.05) is 13.0 Å². The average Bonchev–Trinajstić information content (AvgIpc) is 3.19. The molecule has 1 aliphatic heterocycles. The Bertz CT molecular complexity index is 823. The number of anilines is 1. The maximum atomic E-state index is 12.1. The van der Waals surface area contributed by atoms with E-state index in [1.54, 1.807) is 0 Å². The number of rotatable bonds is 4. The van der Waals surface area contributed by atoms with E-state index >= 15 is 0 Å². The number of nitrogens with one attached hydrogen (secondary N) is 1. The second kappa shape index (κ2) is 7.80. The van der Waals surface area contributed by atoms with Crippen molar-refractivity contribution in [2.45, 2.75) is 51.5 Å². The highest BCUT2D eigenvalue weighted by molar-refractivity contribution is 5.30. The monoisotopic (exact) mass is 367 g/mol. The standard InChI is InChI=1S/C21H29N5O/c1-3-16-5-7-19(24-20(16)27)17-4-6-18(12-17)25-8-10-26(11-9-25)21-22-13-15(2)14-23-21/h5,7,13-14,17-18H,3-4,6,8-12H2,1-2H3,(H,24,27)/t17-,18-/m1/s1. The van der Waals surface area contributed by atoms with Gasteiger partial charge < -0.3 is 9.88 Å². The van der Waals surface area contributed by atoms with Crippen molar-refractivity contribution in [1.82, 2.24) is 19.9 Å². The van der Waals surface area contributed by atoms with Gasteiger partial charge in [0, 0.05) is 61.8 Å². The molecule has 0 bridgehead atoms. The first-order valence-electron chi connectivity index (χ1n) is 10.1.